The average Bonchev–Trinajstić information content (AvgIpc) is 2.35. The molecule has 0 aliphatic carbocycles. The van der Waals surface area contributed by atoms with Gasteiger partial charge < -0.3 is 10.4 Å². The van der Waals surface area contributed by atoms with E-state index in [1.54, 1.807) is 12.1 Å². The summed E-state index contributed by atoms with van der Waals surface area (Å²) in [4.78, 5) is 33.3. The third kappa shape index (κ3) is 5.48. The van der Waals surface area contributed by atoms with Crippen LogP contribution in [0.1, 0.15) is 26.3 Å². The van der Waals surface area contributed by atoms with Gasteiger partial charge in [-0.05, 0) is 17.0 Å². The Morgan fingerprint density at radius 2 is 1.71 bits per heavy atom. The zero-order chi connectivity index (χ0) is 16.0. The van der Waals surface area contributed by atoms with Crippen LogP contribution in [0.4, 0.5) is 10.5 Å². The van der Waals surface area contributed by atoms with E-state index in [1.807, 2.05) is 38.2 Å². The van der Waals surface area contributed by atoms with Gasteiger partial charge in [0.15, 0.2) is 0 Å². The second-order valence-corrected chi connectivity index (χ2v) is 5.41. The van der Waals surface area contributed by atoms with E-state index in [9.17, 15) is 14.4 Å². The number of carbonyl (C=O) groups excluding carboxylic acids is 2. The second-order valence-electron chi connectivity index (χ2n) is 5.41. The lowest BCUT2D eigenvalue weighted by Crippen LogP contribution is -2.34. The highest BCUT2D eigenvalue weighted by Crippen LogP contribution is 2.29. The monoisotopic (exact) mass is 290 g/mol. The first-order valence-corrected chi connectivity index (χ1v) is 6.32. The highest BCUT2D eigenvalue weighted by atomic mass is 16.4. The summed E-state index contributed by atoms with van der Waals surface area (Å²) < 4.78 is 0. The van der Waals surface area contributed by atoms with Crippen LogP contribution in [0.3, 0.4) is 0 Å². The van der Waals surface area contributed by atoms with E-state index in [0.717, 1.165) is 11.6 Å². The third-order valence-electron chi connectivity index (χ3n) is 2.60. The molecular formula is C15H18N2O4. The Morgan fingerprint density at radius 3 is 2.29 bits per heavy atom. The Kier molecular flexibility index (Phi) is 5.24. The molecule has 0 spiro atoms. The molecule has 3 N–H and O–H groups in total. The topological polar surface area (TPSA) is 95.5 Å². The van der Waals surface area contributed by atoms with E-state index < -0.39 is 17.9 Å². The minimum absolute atomic E-state index is 0.170. The van der Waals surface area contributed by atoms with Crippen LogP contribution in [0.5, 0.6) is 0 Å². The molecule has 0 saturated carbocycles. The largest absolute Gasteiger partial charge is 0.478 e. The first-order chi connectivity index (χ1) is 9.70. The maximum atomic E-state index is 11.7. The Morgan fingerprint density at radius 1 is 1.10 bits per heavy atom. The molecule has 3 amide bonds. The summed E-state index contributed by atoms with van der Waals surface area (Å²) in [5.74, 6) is -2.06. The molecule has 0 unspecified atom stereocenters. The van der Waals surface area contributed by atoms with Crippen LogP contribution < -0.4 is 10.6 Å². The Bertz CT molecular complexity index is 586. The van der Waals surface area contributed by atoms with Gasteiger partial charge in [0.1, 0.15) is 0 Å². The Balaban J connectivity index is 2.76. The van der Waals surface area contributed by atoms with Gasteiger partial charge in [0.25, 0.3) is 5.91 Å². The van der Waals surface area contributed by atoms with E-state index in [0.29, 0.717) is 11.8 Å². The number of carboxylic acids is 1. The fourth-order valence-corrected chi connectivity index (χ4v) is 1.70. The van der Waals surface area contributed by atoms with Gasteiger partial charge in [0.05, 0.1) is 0 Å². The van der Waals surface area contributed by atoms with Crippen molar-refractivity contribution in [1.29, 1.82) is 0 Å². The molecule has 0 fully saturated rings. The minimum Gasteiger partial charge on any atom is -0.478 e. The van der Waals surface area contributed by atoms with Crippen LogP contribution >= 0.6 is 0 Å². The van der Waals surface area contributed by atoms with Crippen LogP contribution in [0, 0.1) is 0 Å². The predicted molar refractivity (Wildman–Crippen MR) is 79.1 cm³/mol. The first kappa shape index (κ1) is 16.4. The van der Waals surface area contributed by atoms with E-state index in [4.69, 9.17) is 5.11 Å². The van der Waals surface area contributed by atoms with Gasteiger partial charge in [0.2, 0.25) is 0 Å². The summed E-state index contributed by atoms with van der Waals surface area (Å²) in [6.45, 7) is 6.02. The number of hydrogen-bond donors (Lipinski definition) is 3. The number of rotatable bonds is 3. The van der Waals surface area contributed by atoms with Gasteiger partial charge in [-0.2, -0.15) is 0 Å². The van der Waals surface area contributed by atoms with Crippen molar-refractivity contribution >= 4 is 23.6 Å². The molecule has 0 saturated heterocycles. The lowest BCUT2D eigenvalue weighted by atomic mass is 9.86. The molecule has 0 bridgehead atoms. The van der Waals surface area contributed by atoms with Crippen LogP contribution in [0.2, 0.25) is 0 Å². The Hall–Kier alpha value is -2.63. The molecule has 21 heavy (non-hydrogen) atoms. The zero-order valence-electron chi connectivity index (χ0n) is 12.1. The second kappa shape index (κ2) is 6.69. The molecule has 0 aromatic heterocycles. The zero-order valence-corrected chi connectivity index (χ0v) is 12.1. The highest BCUT2D eigenvalue weighted by Gasteiger charge is 2.18. The highest BCUT2D eigenvalue weighted by molar-refractivity contribution is 6.06. The molecular weight excluding hydrogens is 272 g/mol. The van der Waals surface area contributed by atoms with Crippen molar-refractivity contribution in [2.75, 3.05) is 5.32 Å². The van der Waals surface area contributed by atoms with Gasteiger partial charge >= 0.3 is 12.0 Å². The van der Waals surface area contributed by atoms with Crippen molar-refractivity contribution in [2.24, 2.45) is 0 Å². The molecule has 0 radical (unpaired) electrons. The number of benzene rings is 1. The minimum atomic E-state index is -1.26. The summed E-state index contributed by atoms with van der Waals surface area (Å²) in [5.41, 5.74) is 1.35. The van der Waals surface area contributed by atoms with Crippen molar-refractivity contribution < 1.29 is 19.5 Å². The van der Waals surface area contributed by atoms with Crippen molar-refractivity contribution in [3.63, 3.8) is 0 Å². The molecule has 6 nitrogen and oxygen atoms in total. The number of hydrogen-bond acceptors (Lipinski definition) is 3. The number of aliphatic carboxylic acids is 1. The smallest absolute Gasteiger partial charge is 0.328 e. The number of para-hydroxylation sites is 1. The summed E-state index contributed by atoms with van der Waals surface area (Å²) in [7, 11) is 0. The fraction of sp³-hybridized carbons (Fsp3) is 0.267. The van der Waals surface area contributed by atoms with Gasteiger partial charge in [0, 0.05) is 17.8 Å². The van der Waals surface area contributed by atoms with Crippen molar-refractivity contribution in [2.45, 2.75) is 26.2 Å². The summed E-state index contributed by atoms with van der Waals surface area (Å²) in [6, 6.07) is 6.55. The number of nitrogens with one attached hydrogen (secondary N) is 2. The molecule has 6 heteroatoms. The standard InChI is InChI=1S/C15H18N2O4/c1-15(2,3)10-6-4-5-7-11(10)16-14(21)17-12(18)8-9-13(19)20/h4-9H,1-3H3,(H,19,20)(H2,16,17,18,21). The van der Waals surface area contributed by atoms with E-state index in [-0.39, 0.29) is 5.41 Å². The molecule has 1 rings (SSSR count). The lowest BCUT2D eigenvalue weighted by Gasteiger charge is -2.22. The first-order valence-electron chi connectivity index (χ1n) is 6.32. The number of imide groups is 1. The van der Waals surface area contributed by atoms with E-state index in [2.05, 4.69) is 5.32 Å². The normalized spacial score (nSPS) is 11.2. The van der Waals surface area contributed by atoms with Gasteiger partial charge in [-0.25, -0.2) is 9.59 Å². The van der Waals surface area contributed by atoms with Gasteiger partial charge in [-0.3, -0.25) is 10.1 Å². The maximum absolute atomic E-state index is 11.7. The summed E-state index contributed by atoms with van der Waals surface area (Å²) in [5, 5.41) is 13.0. The SMILES string of the molecule is CC(C)(C)c1ccccc1NC(=O)NC(=O)C=CC(=O)O. The average molecular weight is 290 g/mol. The van der Waals surface area contributed by atoms with E-state index in [1.165, 1.54) is 0 Å². The van der Waals surface area contributed by atoms with Crippen LogP contribution in [0.15, 0.2) is 36.4 Å². The third-order valence-corrected chi connectivity index (χ3v) is 2.60. The fourth-order valence-electron chi connectivity index (χ4n) is 1.70. The summed E-state index contributed by atoms with van der Waals surface area (Å²) >= 11 is 0. The molecule has 1 aromatic rings. The molecule has 0 heterocycles. The van der Waals surface area contributed by atoms with Crippen molar-refractivity contribution in [3.8, 4) is 0 Å². The number of urea groups is 1. The molecule has 0 aliphatic rings. The van der Waals surface area contributed by atoms with Crippen molar-refractivity contribution in [3.05, 3.63) is 42.0 Å². The lowest BCUT2D eigenvalue weighted by molar-refractivity contribution is -0.131. The molecule has 112 valence electrons. The molecule has 1 aromatic carbocycles. The molecule has 0 atom stereocenters. The summed E-state index contributed by atoms with van der Waals surface area (Å²) in [6.07, 6.45) is 1.43. The van der Waals surface area contributed by atoms with Gasteiger partial charge in [-0.1, -0.05) is 39.0 Å². The van der Waals surface area contributed by atoms with E-state index >= 15 is 0 Å². The molecule has 0 aliphatic heterocycles. The van der Waals surface area contributed by atoms with Crippen LogP contribution in [-0.4, -0.2) is 23.0 Å². The number of carboxylic acid groups (broad SMARTS) is 1. The van der Waals surface area contributed by atoms with Crippen LogP contribution in [-0.2, 0) is 15.0 Å². The number of amides is 3. The van der Waals surface area contributed by atoms with Crippen LogP contribution in [0.25, 0.3) is 0 Å². The number of anilines is 1. The quantitative estimate of drug-likeness (QED) is 0.744. The Labute approximate surface area is 122 Å². The number of carbonyl (C=O) groups is 3. The predicted octanol–water partition coefficient (Wildman–Crippen LogP) is 2.27. The van der Waals surface area contributed by atoms with Crippen molar-refractivity contribution in [1.82, 2.24) is 5.32 Å². The maximum Gasteiger partial charge on any atom is 0.328 e. The van der Waals surface area contributed by atoms with Gasteiger partial charge in [-0.15, -0.1) is 0 Å².